The molecule has 0 saturated heterocycles. The summed E-state index contributed by atoms with van der Waals surface area (Å²) < 4.78 is 12.6. The Morgan fingerprint density at radius 1 is 1.29 bits per heavy atom. The molecule has 0 aliphatic carbocycles. The average Bonchev–Trinajstić information content (AvgIpc) is 3.08. The second-order valence-electron chi connectivity index (χ2n) is 5.72. The monoisotopic (exact) mass is 340 g/mol. The molecule has 6 heteroatoms. The standard InChI is InChI=1S/C18H16N2O3S/c1-20(9-13-10-22-15-4-2-3-5-16(15)23-13)18(21)12-6-7-14-17(8-12)24-11-19-14/h2-8,11,13H,9-10H2,1H3/t13-/m1/s1. The first kappa shape index (κ1) is 15.0. The van der Waals surface area contributed by atoms with E-state index in [1.54, 1.807) is 17.5 Å². The van der Waals surface area contributed by atoms with Crippen molar-refractivity contribution in [3.8, 4) is 11.5 Å². The number of aromatic nitrogens is 1. The molecule has 2 aromatic carbocycles. The predicted octanol–water partition coefficient (Wildman–Crippen LogP) is 3.21. The van der Waals surface area contributed by atoms with Crippen molar-refractivity contribution >= 4 is 27.5 Å². The third kappa shape index (κ3) is 2.80. The number of hydrogen-bond donors (Lipinski definition) is 0. The maximum Gasteiger partial charge on any atom is 0.253 e. The Labute approximate surface area is 143 Å². The van der Waals surface area contributed by atoms with Gasteiger partial charge in [-0.15, -0.1) is 11.3 Å². The van der Waals surface area contributed by atoms with E-state index in [2.05, 4.69) is 4.98 Å². The summed E-state index contributed by atoms with van der Waals surface area (Å²) >= 11 is 1.53. The smallest absolute Gasteiger partial charge is 0.253 e. The second kappa shape index (κ2) is 6.13. The molecule has 1 aromatic heterocycles. The molecule has 0 N–H and O–H groups in total. The molecule has 0 spiro atoms. The fourth-order valence-corrected chi connectivity index (χ4v) is 3.47. The van der Waals surface area contributed by atoms with Crippen LogP contribution in [0.2, 0.25) is 0 Å². The van der Waals surface area contributed by atoms with Gasteiger partial charge in [0, 0.05) is 12.6 Å². The molecule has 1 atom stereocenters. The van der Waals surface area contributed by atoms with Crippen LogP contribution in [-0.4, -0.2) is 42.1 Å². The quantitative estimate of drug-likeness (QED) is 0.735. The van der Waals surface area contributed by atoms with E-state index in [1.807, 2.05) is 42.5 Å². The largest absolute Gasteiger partial charge is 0.486 e. The zero-order valence-electron chi connectivity index (χ0n) is 13.1. The van der Waals surface area contributed by atoms with Gasteiger partial charge in [0.25, 0.3) is 5.91 Å². The lowest BCUT2D eigenvalue weighted by molar-refractivity contribution is 0.0521. The highest BCUT2D eigenvalue weighted by Gasteiger charge is 2.24. The summed E-state index contributed by atoms with van der Waals surface area (Å²) in [6.07, 6.45) is -0.180. The molecule has 122 valence electrons. The molecule has 4 rings (SSSR count). The van der Waals surface area contributed by atoms with Crippen LogP contribution in [0.25, 0.3) is 10.2 Å². The fourth-order valence-electron chi connectivity index (χ4n) is 2.75. The molecule has 0 fully saturated rings. The normalized spacial score (nSPS) is 16.1. The predicted molar refractivity (Wildman–Crippen MR) is 92.9 cm³/mol. The van der Waals surface area contributed by atoms with Crippen molar-refractivity contribution < 1.29 is 14.3 Å². The van der Waals surface area contributed by atoms with E-state index in [9.17, 15) is 4.79 Å². The lowest BCUT2D eigenvalue weighted by Crippen LogP contribution is -2.41. The van der Waals surface area contributed by atoms with Gasteiger partial charge in [0.2, 0.25) is 0 Å². The van der Waals surface area contributed by atoms with E-state index in [0.717, 1.165) is 21.7 Å². The first-order chi connectivity index (χ1) is 11.7. The Morgan fingerprint density at radius 3 is 3.00 bits per heavy atom. The number of nitrogens with zero attached hydrogens (tertiary/aromatic N) is 2. The van der Waals surface area contributed by atoms with Gasteiger partial charge in [-0.1, -0.05) is 12.1 Å². The number of hydrogen-bond acceptors (Lipinski definition) is 5. The van der Waals surface area contributed by atoms with Crippen molar-refractivity contribution in [2.45, 2.75) is 6.10 Å². The second-order valence-corrected chi connectivity index (χ2v) is 6.60. The molecule has 5 nitrogen and oxygen atoms in total. The molecule has 1 amide bonds. The summed E-state index contributed by atoms with van der Waals surface area (Å²) in [5, 5.41) is 0. The van der Waals surface area contributed by atoms with Gasteiger partial charge in [-0.05, 0) is 30.3 Å². The molecule has 2 heterocycles. The van der Waals surface area contributed by atoms with Crippen molar-refractivity contribution in [1.29, 1.82) is 0 Å². The van der Waals surface area contributed by atoms with Gasteiger partial charge in [-0.2, -0.15) is 0 Å². The van der Waals surface area contributed by atoms with Crippen LogP contribution in [0.3, 0.4) is 0 Å². The van der Waals surface area contributed by atoms with Gasteiger partial charge in [0.15, 0.2) is 17.6 Å². The van der Waals surface area contributed by atoms with Gasteiger partial charge in [0.05, 0.1) is 22.3 Å². The number of carbonyl (C=O) groups is 1. The third-order valence-electron chi connectivity index (χ3n) is 3.97. The Kier molecular flexibility index (Phi) is 3.82. The van der Waals surface area contributed by atoms with Crippen LogP contribution < -0.4 is 9.47 Å². The van der Waals surface area contributed by atoms with Crippen molar-refractivity contribution in [1.82, 2.24) is 9.88 Å². The van der Waals surface area contributed by atoms with E-state index in [-0.39, 0.29) is 12.0 Å². The molecule has 0 radical (unpaired) electrons. The minimum atomic E-state index is -0.180. The Hall–Kier alpha value is -2.60. The number of likely N-dealkylation sites (N-methyl/N-ethyl adjacent to an activating group) is 1. The minimum Gasteiger partial charge on any atom is -0.486 e. The van der Waals surface area contributed by atoms with Crippen LogP contribution in [0.1, 0.15) is 10.4 Å². The molecule has 0 bridgehead atoms. The number of ether oxygens (including phenoxy) is 2. The topological polar surface area (TPSA) is 51.7 Å². The number of carbonyl (C=O) groups excluding carboxylic acids is 1. The van der Waals surface area contributed by atoms with Gasteiger partial charge < -0.3 is 14.4 Å². The van der Waals surface area contributed by atoms with Crippen molar-refractivity contribution in [2.24, 2.45) is 0 Å². The molecule has 1 aliphatic rings. The number of rotatable bonds is 3. The number of amides is 1. The van der Waals surface area contributed by atoms with E-state index in [4.69, 9.17) is 9.47 Å². The zero-order valence-corrected chi connectivity index (χ0v) is 14.0. The summed E-state index contributed by atoms with van der Waals surface area (Å²) in [5.74, 6) is 1.44. The van der Waals surface area contributed by atoms with E-state index >= 15 is 0 Å². The van der Waals surface area contributed by atoms with Crippen molar-refractivity contribution in [3.63, 3.8) is 0 Å². The summed E-state index contributed by atoms with van der Waals surface area (Å²) in [5.41, 5.74) is 3.36. The lowest BCUT2D eigenvalue weighted by atomic mass is 10.2. The van der Waals surface area contributed by atoms with Gasteiger partial charge in [-0.25, -0.2) is 4.98 Å². The first-order valence-electron chi connectivity index (χ1n) is 7.68. The molecular weight excluding hydrogens is 324 g/mol. The van der Waals surface area contributed by atoms with Crippen molar-refractivity contribution in [2.75, 3.05) is 20.2 Å². The van der Waals surface area contributed by atoms with E-state index in [1.165, 1.54) is 11.3 Å². The number of para-hydroxylation sites is 2. The van der Waals surface area contributed by atoms with Gasteiger partial charge in [-0.3, -0.25) is 4.79 Å². The molecule has 0 unspecified atom stereocenters. The number of fused-ring (bicyclic) bond motifs is 2. The summed E-state index contributed by atoms with van der Waals surface area (Å²) in [6, 6.07) is 13.2. The van der Waals surface area contributed by atoms with Crippen LogP contribution in [-0.2, 0) is 0 Å². The van der Waals surface area contributed by atoms with Gasteiger partial charge in [0.1, 0.15) is 6.61 Å². The van der Waals surface area contributed by atoms with Crippen LogP contribution in [0, 0.1) is 0 Å². The highest BCUT2D eigenvalue weighted by atomic mass is 32.1. The minimum absolute atomic E-state index is 0.0345. The zero-order chi connectivity index (χ0) is 16.5. The first-order valence-corrected chi connectivity index (χ1v) is 8.56. The molecule has 0 saturated carbocycles. The maximum atomic E-state index is 12.6. The van der Waals surface area contributed by atoms with E-state index < -0.39 is 0 Å². The SMILES string of the molecule is CN(C[C@@H]1COc2ccccc2O1)C(=O)c1ccc2ncsc2c1. The Bertz CT molecular complexity index is 893. The average molecular weight is 340 g/mol. The van der Waals surface area contributed by atoms with Crippen LogP contribution in [0.15, 0.2) is 48.0 Å². The summed E-state index contributed by atoms with van der Waals surface area (Å²) in [6.45, 7) is 0.899. The fraction of sp³-hybridized carbons (Fsp3) is 0.222. The number of thiazole rings is 1. The highest BCUT2D eigenvalue weighted by molar-refractivity contribution is 7.16. The molecule has 3 aromatic rings. The summed E-state index contributed by atoms with van der Waals surface area (Å²) in [7, 11) is 1.78. The Balaban J connectivity index is 1.46. The highest BCUT2D eigenvalue weighted by Crippen LogP contribution is 2.31. The molecule has 24 heavy (non-hydrogen) atoms. The number of benzene rings is 2. The van der Waals surface area contributed by atoms with Crippen LogP contribution >= 0.6 is 11.3 Å². The van der Waals surface area contributed by atoms with Crippen molar-refractivity contribution in [3.05, 3.63) is 53.5 Å². The molecular formula is C18H16N2O3S. The van der Waals surface area contributed by atoms with E-state index in [0.29, 0.717) is 18.7 Å². The summed E-state index contributed by atoms with van der Waals surface area (Å²) in [4.78, 5) is 18.6. The third-order valence-corrected chi connectivity index (χ3v) is 4.76. The Morgan fingerprint density at radius 2 is 2.12 bits per heavy atom. The van der Waals surface area contributed by atoms with Crippen LogP contribution in [0.5, 0.6) is 11.5 Å². The maximum absolute atomic E-state index is 12.6. The van der Waals surface area contributed by atoms with Gasteiger partial charge >= 0.3 is 0 Å². The lowest BCUT2D eigenvalue weighted by Gasteiger charge is -2.29. The molecule has 1 aliphatic heterocycles. The van der Waals surface area contributed by atoms with Crippen LogP contribution in [0.4, 0.5) is 0 Å².